The zero-order chi connectivity index (χ0) is 24.4. The topological polar surface area (TPSA) is 74.4 Å². The molecule has 1 aliphatic rings. The van der Waals surface area contributed by atoms with Gasteiger partial charge in [-0.25, -0.2) is 9.18 Å². The number of aromatic amines is 1. The smallest absolute Gasteiger partial charge is 0.322 e. The van der Waals surface area contributed by atoms with Crippen LogP contribution in [0, 0.1) is 5.82 Å². The number of H-pyrrole nitrogens is 1. The normalized spacial score (nSPS) is 15.0. The zero-order valence-electron chi connectivity index (χ0n) is 19.4. The molecule has 5 rings (SSSR count). The number of carbonyl (C=O) groups is 2. The van der Waals surface area contributed by atoms with Gasteiger partial charge in [0.05, 0.1) is 13.0 Å². The number of nitrogens with zero attached hydrogens (tertiary/aromatic N) is 1. The summed E-state index contributed by atoms with van der Waals surface area (Å²) in [6.45, 7) is 2.55. The highest BCUT2D eigenvalue weighted by molar-refractivity contribution is 5.91. The van der Waals surface area contributed by atoms with Gasteiger partial charge in [0.1, 0.15) is 11.9 Å². The van der Waals surface area contributed by atoms with Crippen molar-refractivity contribution in [2.75, 3.05) is 18.5 Å². The third-order valence-electron chi connectivity index (χ3n) is 6.35. The molecule has 2 heterocycles. The second-order valence-electron chi connectivity index (χ2n) is 8.54. The minimum Gasteiger partial charge on any atom is -0.466 e. The summed E-state index contributed by atoms with van der Waals surface area (Å²) < 4.78 is 20.0. The molecule has 35 heavy (non-hydrogen) atoms. The van der Waals surface area contributed by atoms with Gasteiger partial charge >= 0.3 is 12.0 Å². The average molecular weight is 472 g/mol. The molecular weight excluding hydrogens is 445 g/mol. The number of benzene rings is 3. The van der Waals surface area contributed by atoms with E-state index in [9.17, 15) is 14.0 Å². The number of ether oxygens (including phenoxy) is 1. The fraction of sp³-hybridized carbons (Fsp3) is 0.214. The van der Waals surface area contributed by atoms with Gasteiger partial charge in [-0.2, -0.15) is 0 Å². The number of esters is 1. The Kier molecular flexibility index (Phi) is 6.23. The number of carbonyl (C=O) groups excluding carboxylic acids is 2. The van der Waals surface area contributed by atoms with Crippen LogP contribution in [0.1, 0.15) is 35.3 Å². The van der Waals surface area contributed by atoms with Crippen LogP contribution >= 0.6 is 0 Å². The number of urea groups is 1. The molecule has 0 fully saturated rings. The van der Waals surface area contributed by atoms with Gasteiger partial charge in [0.2, 0.25) is 0 Å². The molecule has 6 nitrogen and oxygen atoms in total. The second-order valence-corrected chi connectivity index (χ2v) is 8.54. The van der Waals surface area contributed by atoms with Crippen LogP contribution in [0.4, 0.5) is 14.9 Å². The van der Waals surface area contributed by atoms with E-state index >= 15 is 0 Å². The Morgan fingerprint density at radius 3 is 2.57 bits per heavy atom. The number of hydrogen-bond donors (Lipinski definition) is 2. The fourth-order valence-corrected chi connectivity index (χ4v) is 4.76. The van der Waals surface area contributed by atoms with E-state index in [0.717, 1.165) is 27.7 Å². The molecule has 1 unspecified atom stereocenters. The largest absolute Gasteiger partial charge is 0.466 e. The summed E-state index contributed by atoms with van der Waals surface area (Å²) in [6.07, 6.45) is 0.836. The monoisotopic (exact) mass is 471 g/mol. The molecule has 0 radical (unpaired) electrons. The lowest BCUT2D eigenvalue weighted by atomic mass is 9.92. The summed E-state index contributed by atoms with van der Waals surface area (Å²) in [4.78, 5) is 30.3. The zero-order valence-corrected chi connectivity index (χ0v) is 19.4. The molecule has 0 saturated heterocycles. The summed E-state index contributed by atoms with van der Waals surface area (Å²) in [7, 11) is 0. The maximum Gasteiger partial charge on any atom is 0.322 e. The Balaban J connectivity index is 1.44. The molecule has 3 aromatic carbocycles. The van der Waals surface area contributed by atoms with Gasteiger partial charge in [-0.1, -0.05) is 48.5 Å². The Hall–Kier alpha value is -4.13. The molecule has 7 heteroatoms. The third kappa shape index (κ3) is 4.49. The van der Waals surface area contributed by atoms with Crippen molar-refractivity contribution in [3.8, 4) is 0 Å². The van der Waals surface area contributed by atoms with Gasteiger partial charge < -0.3 is 19.9 Å². The first kappa shape index (κ1) is 22.7. The summed E-state index contributed by atoms with van der Waals surface area (Å²) in [5.41, 5.74) is 4.76. The first-order valence-corrected chi connectivity index (χ1v) is 11.7. The summed E-state index contributed by atoms with van der Waals surface area (Å²) >= 11 is 0. The first-order valence-electron chi connectivity index (χ1n) is 11.7. The number of aromatic nitrogens is 1. The van der Waals surface area contributed by atoms with Gasteiger partial charge in [0, 0.05) is 34.4 Å². The number of halogens is 1. The average Bonchev–Trinajstić information content (AvgIpc) is 3.24. The van der Waals surface area contributed by atoms with E-state index in [1.54, 1.807) is 54.3 Å². The van der Waals surface area contributed by atoms with Gasteiger partial charge in [0.15, 0.2) is 0 Å². The molecule has 178 valence electrons. The van der Waals surface area contributed by atoms with Crippen LogP contribution in [0.3, 0.4) is 0 Å². The lowest BCUT2D eigenvalue weighted by molar-refractivity contribution is -0.142. The Labute approximate surface area is 202 Å². The van der Waals surface area contributed by atoms with Crippen molar-refractivity contribution < 1.29 is 18.7 Å². The van der Waals surface area contributed by atoms with E-state index in [2.05, 4.69) is 16.4 Å². The van der Waals surface area contributed by atoms with Crippen LogP contribution < -0.4 is 5.32 Å². The molecule has 0 aliphatic carbocycles. The number of para-hydroxylation sites is 1. The van der Waals surface area contributed by atoms with E-state index in [1.807, 2.05) is 18.2 Å². The van der Waals surface area contributed by atoms with Crippen LogP contribution in [0.2, 0.25) is 0 Å². The number of hydrogen-bond acceptors (Lipinski definition) is 3. The molecule has 2 amide bonds. The molecule has 1 aromatic heterocycles. The molecule has 0 bridgehead atoms. The number of anilines is 1. The number of nitrogens with one attached hydrogen (secondary N) is 2. The van der Waals surface area contributed by atoms with Crippen molar-refractivity contribution in [1.82, 2.24) is 9.88 Å². The van der Waals surface area contributed by atoms with Crippen molar-refractivity contribution >= 4 is 28.6 Å². The molecule has 2 N–H and O–H groups in total. The highest BCUT2D eigenvalue weighted by Gasteiger charge is 2.36. The lowest BCUT2D eigenvalue weighted by Gasteiger charge is -2.36. The van der Waals surface area contributed by atoms with E-state index in [0.29, 0.717) is 30.8 Å². The van der Waals surface area contributed by atoms with Gasteiger partial charge in [0.25, 0.3) is 0 Å². The SMILES string of the molecule is CCOC(=O)Cc1ccc(NC(=O)N2CCc3c([nH]c4ccccc34)C2c2ccccc2F)cc1. The Morgan fingerprint density at radius 1 is 1.06 bits per heavy atom. The third-order valence-corrected chi connectivity index (χ3v) is 6.35. The molecular formula is C28H26FN3O3. The summed E-state index contributed by atoms with van der Waals surface area (Å²) in [5.74, 6) is -0.649. The van der Waals surface area contributed by atoms with E-state index in [4.69, 9.17) is 4.74 Å². The number of amides is 2. The highest BCUT2D eigenvalue weighted by atomic mass is 19.1. The maximum atomic E-state index is 15.0. The number of fused-ring (bicyclic) bond motifs is 3. The molecule has 0 saturated carbocycles. The Morgan fingerprint density at radius 2 is 1.80 bits per heavy atom. The van der Waals surface area contributed by atoms with Crippen LogP contribution in [0.25, 0.3) is 10.9 Å². The van der Waals surface area contributed by atoms with Gasteiger partial charge in [-0.05, 0) is 48.7 Å². The Bertz CT molecular complexity index is 1380. The van der Waals surface area contributed by atoms with Crippen molar-refractivity contribution in [2.24, 2.45) is 0 Å². The maximum absolute atomic E-state index is 15.0. The minimum atomic E-state index is -0.588. The van der Waals surface area contributed by atoms with Crippen LogP contribution in [-0.2, 0) is 22.4 Å². The van der Waals surface area contributed by atoms with E-state index in [1.165, 1.54) is 6.07 Å². The van der Waals surface area contributed by atoms with Gasteiger partial charge in [-0.3, -0.25) is 4.79 Å². The lowest BCUT2D eigenvalue weighted by Crippen LogP contribution is -2.43. The second kappa shape index (κ2) is 9.62. The summed E-state index contributed by atoms with van der Waals surface area (Å²) in [5, 5.41) is 4.03. The van der Waals surface area contributed by atoms with Crippen LogP contribution in [-0.4, -0.2) is 35.0 Å². The molecule has 4 aromatic rings. The van der Waals surface area contributed by atoms with Crippen molar-refractivity contribution in [3.63, 3.8) is 0 Å². The standard InChI is InChI=1S/C28H26FN3O3/c1-2-35-25(33)17-18-11-13-19(14-12-18)30-28(34)32-16-15-21-20-7-4-6-10-24(20)31-26(21)27(32)22-8-3-5-9-23(22)29/h3-14,27,31H,2,15-17H2,1H3,(H,30,34). The predicted octanol–water partition coefficient (Wildman–Crippen LogP) is 5.59. The quantitative estimate of drug-likeness (QED) is 0.373. The highest BCUT2D eigenvalue weighted by Crippen LogP contribution is 2.39. The molecule has 1 aliphatic heterocycles. The van der Waals surface area contributed by atoms with E-state index in [-0.39, 0.29) is 24.2 Å². The minimum absolute atomic E-state index is 0.173. The summed E-state index contributed by atoms with van der Waals surface area (Å²) in [6, 6.07) is 20.7. The van der Waals surface area contributed by atoms with Gasteiger partial charge in [-0.15, -0.1) is 0 Å². The fourth-order valence-electron chi connectivity index (χ4n) is 4.76. The molecule has 0 spiro atoms. The van der Waals surface area contributed by atoms with Crippen molar-refractivity contribution in [3.05, 3.63) is 101 Å². The van der Waals surface area contributed by atoms with Crippen LogP contribution in [0.15, 0.2) is 72.8 Å². The number of rotatable bonds is 5. The first-order chi connectivity index (χ1) is 17.0. The molecule has 1 atom stereocenters. The van der Waals surface area contributed by atoms with Crippen LogP contribution in [0.5, 0.6) is 0 Å². The van der Waals surface area contributed by atoms with E-state index < -0.39 is 6.04 Å². The van der Waals surface area contributed by atoms with Crippen molar-refractivity contribution in [1.29, 1.82) is 0 Å². The predicted molar refractivity (Wildman–Crippen MR) is 133 cm³/mol. The van der Waals surface area contributed by atoms with Crippen molar-refractivity contribution in [2.45, 2.75) is 25.8 Å².